The van der Waals surface area contributed by atoms with Crippen LogP contribution in [0.5, 0.6) is 0 Å². The van der Waals surface area contributed by atoms with E-state index >= 15 is 0 Å². The molecule has 0 aliphatic heterocycles. The molecule has 3 aromatic rings. The minimum atomic E-state index is 0.146. The van der Waals surface area contributed by atoms with Gasteiger partial charge in [0.25, 0.3) is 0 Å². The van der Waals surface area contributed by atoms with Gasteiger partial charge in [-0.1, -0.05) is 87.2 Å². The number of nitrogens with one attached hydrogen (secondary N) is 1. The highest BCUT2D eigenvalue weighted by atomic mass is 32.1. The van der Waals surface area contributed by atoms with E-state index in [1.54, 1.807) is 11.3 Å². The summed E-state index contributed by atoms with van der Waals surface area (Å²) in [5.74, 6) is 0.146. The highest BCUT2D eigenvalue weighted by molar-refractivity contribution is 7.13. The molecule has 4 heteroatoms. The number of carbonyl (C=O) groups is 1. The highest BCUT2D eigenvalue weighted by Gasteiger charge is 2.07. The van der Waals surface area contributed by atoms with Gasteiger partial charge in [0.2, 0.25) is 5.91 Å². The number of benzene rings is 2. The monoisotopic (exact) mass is 392 g/mol. The molecule has 0 spiro atoms. The fourth-order valence-electron chi connectivity index (χ4n) is 3.09. The Morgan fingerprint density at radius 2 is 1.68 bits per heavy atom. The zero-order valence-corrected chi connectivity index (χ0v) is 17.3. The second-order valence-electron chi connectivity index (χ2n) is 7.04. The van der Waals surface area contributed by atoms with Crippen molar-refractivity contribution in [1.82, 2.24) is 10.3 Å². The molecule has 1 amide bonds. The van der Waals surface area contributed by atoms with Crippen molar-refractivity contribution >= 4 is 17.2 Å². The average molecular weight is 393 g/mol. The SMILES string of the molecule is CCCCCCCC(=O)NCc1ccc(-c2nc(-c3ccccc3)cs2)cc1. The molecule has 0 fully saturated rings. The van der Waals surface area contributed by atoms with Gasteiger partial charge in [0, 0.05) is 29.5 Å². The lowest BCUT2D eigenvalue weighted by Gasteiger charge is -2.06. The first kappa shape index (κ1) is 20.3. The van der Waals surface area contributed by atoms with Gasteiger partial charge in [-0.3, -0.25) is 4.79 Å². The number of aromatic nitrogens is 1. The first-order valence-electron chi connectivity index (χ1n) is 10.1. The maximum absolute atomic E-state index is 12.0. The quantitative estimate of drug-likeness (QED) is 0.403. The molecule has 3 nitrogen and oxygen atoms in total. The molecule has 28 heavy (non-hydrogen) atoms. The van der Waals surface area contributed by atoms with E-state index in [2.05, 4.69) is 54.0 Å². The van der Waals surface area contributed by atoms with Crippen molar-refractivity contribution in [3.8, 4) is 21.8 Å². The number of hydrogen-bond acceptors (Lipinski definition) is 3. The van der Waals surface area contributed by atoms with E-state index < -0.39 is 0 Å². The van der Waals surface area contributed by atoms with Crippen molar-refractivity contribution < 1.29 is 4.79 Å². The van der Waals surface area contributed by atoms with Crippen LogP contribution < -0.4 is 5.32 Å². The van der Waals surface area contributed by atoms with Crippen LogP contribution >= 0.6 is 11.3 Å². The van der Waals surface area contributed by atoms with Crippen molar-refractivity contribution in [2.75, 3.05) is 0 Å². The minimum Gasteiger partial charge on any atom is -0.352 e. The van der Waals surface area contributed by atoms with Crippen LogP contribution in [0.3, 0.4) is 0 Å². The maximum Gasteiger partial charge on any atom is 0.220 e. The van der Waals surface area contributed by atoms with Gasteiger partial charge < -0.3 is 5.32 Å². The Kier molecular flexibility index (Phi) is 7.80. The average Bonchev–Trinajstić information content (AvgIpc) is 3.23. The van der Waals surface area contributed by atoms with Crippen LogP contribution in [-0.2, 0) is 11.3 Å². The lowest BCUT2D eigenvalue weighted by atomic mass is 10.1. The second kappa shape index (κ2) is 10.8. The zero-order valence-electron chi connectivity index (χ0n) is 16.5. The molecule has 0 atom stereocenters. The fourth-order valence-corrected chi connectivity index (χ4v) is 3.93. The molecule has 0 aliphatic rings. The van der Waals surface area contributed by atoms with Crippen molar-refractivity contribution in [1.29, 1.82) is 0 Å². The Labute approximate surface area is 171 Å². The number of thiazole rings is 1. The largest absolute Gasteiger partial charge is 0.352 e. The predicted octanol–water partition coefficient (Wildman–Crippen LogP) is 6.45. The third kappa shape index (κ3) is 6.03. The number of amides is 1. The van der Waals surface area contributed by atoms with E-state index in [4.69, 9.17) is 4.98 Å². The molecule has 0 saturated carbocycles. The van der Waals surface area contributed by atoms with Gasteiger partial charge in [0.15, 0.2) is 0 Å². The molecule has 0 aliphatic carbocycles. The van der Waals surface area contributed by atoms with Gasteiger partial charge in [-0.25, -0.2) is 4.98 Å². The Bertz CT molecular complexity index is 856. The lowest BCUT2D eigenvalue weighted by Crippen LogP contribution is -2.22. The third-order valence-corrected chi connectivity index (χ3v) is 5.66. The molecule has 2 aromatic carbocycles. The first-order valence-corrected chi connectivity index (χ1v) is 11.0. The molecule has 3 rings (SSSR count). The summed E-state index contributed by atoms with van der Waals surface area (Å²) < 4.78 is 0. The highest BCUT2D eigenvalue weighted by Crippen LogP contribution is 2.28. The fraction of sp³-hybridized carbons (Fsp3) is 0.333. The van der Waals surface area contributed by atoms with Crippen LogP contribution in [0.15, 0.2) is 60.0 Å². The lowest BCUT2D eigenvalue weighted by molar-refractivity contribution is -0.121. The molecule has 146 valence electrons. The summed E-state index contributed by atoms with van der Waals surface area (Å²) in [6, 6.07) is 18.5. The maximum atomic E-state index is 12.0. The summed E-state index contributed by atoms with van der Waals surface area (Å²) in [5.41, 5.74) is 4.37. The number of hydrogen-bond donors (Lipinski definition) is 1. The molecule has 1 aromatic heterocycles. The van der Waals surface area contributed by atoms with E-state index in [1.165, 1.54) is 19.3 Å². The van der Waals surface area contributed by atoms with Gasteiger partial charge in [0.05, 0.1) is 5.69 Å². The minimum absolute atomic E-state index is 0.146. The van der Waals surface area contributed by atoms with E-state index in [1.807, 2.05) is 18.2 Å². The van der Waals surface area contributed by atoms with Gasteiger partial charge >= 0.3 is 0 Å². The van der Waals surface area contributed by atoms with Crippen LogP contribution in [0.25, 0.3) is 21.8 Å². The van der Waals surface area contributed by atoms with Crippen molar-refractivity contribution in [3.63, 3.8) is 0 Å². The van der Waals surface area contributed by atoms with Crippen molar-refractivity contribution in [2.45, 2.75) is 52.0 Å². The summed E-state index contributed by atoms with van der Waals surface area (Å²) in [4.78, 5) is 16.7. The number of carbonyl (C=O) groups excluding carboxylic acids is 1. The van der Waals surface area contributed by atoms with E-state index in [0.29, 0.717) is 13.0 Å². The van der Waals surface area contributed by atoms with Crippen LogP contribution in [0.1, 0.15) is 51.0 Å². The summed E-state index contributed by atoms with van der Waals surface area (Å²) in [5, 5.41) is 6.13. The van der Waals surface area contributed by atoms with Crippen LogP contribution in [-0.4, -0.2) is 10.9 Å². The Morgan fingerprint density at radius 3 is 2.43 bits per heavy atom. The molecule has 0 saturated heterocycles. The molecule has 0 radical (unpaired) electrons. The van der Waals surface area contributed by atoms with Gasteiger partial charge in [0.1, 0.15) is 5.01 Å². The van der Waals surface area contributed by atoms with Gasteiger partial charge in [-0.15, -0.1) is 11.3 Å². The third-order valence-electron chi connectivity index (χ3n) is 4.77. The van der Waals surface area contributed by atoms with E-state index in [0.717, 1.165) is 40.2 Å². The molecule has 1 heterocycles. The number of nitrogens with zero attached hydrogens (tertiary/aromatic N) is 1. The number of rotatable bonds is 10. The molecule has 1 N–H and O–H groups in total. The smallest absolute Gasteiger partial charge is 0.220 e. The summed E-state index contributed by atoms with van der Waals surface area (Å²) in [7, 11) is 0. The first-order chi connectivity index (χ1) is 13.8. The molecule has 0 bridgehead atoms. The molecule has 0 unspecified atom stereocenters. The summed E-state index contributed by atoms with van der Waals surface area (Å²) in [6.07, 6.45) is 6.49. The van der Waals surface area contributed by atoms with E-state index in [9.17, 15) is 4.79 Å². The van der Waals surface area contributed by atoms with Gasteiger partial charge in [-0.05, 0) is 12.0 Å². The summed E-state index contributed by atoms with van der Waals surface area (Å²) >= 11 is 1.66. The van der Waals surface area contributed by atoms with Crippen LogP contribution in [0, 0.1) is 0 Å². The molecular weight excluding hydrogens is 364 g/mol. The Hall–Kier alpha value is -2.46. The van der Waals surface area contributed by atoms with E-state index in [-0.39, 0.29) is 5.91 Å². The normalized spacial score (nSPS) is 10.8. The topological polar surface area (TPSA) is 42.0 Å². The predicted molar refractivity (Wildman–Crippen MR) is 118 cm³/mol. The number of unbranched alkanes of at least 4 members (excludes halogenated alkanes) is 4. The molecular formula is C24H28N2OS. The zero-order chi connectivity index (χ0) is 19.6. The standard InChI is InChI=1S/C24H28N2OS/c1-2-3-4-5-9-12-23(27)25-17-19-13-15-21(16-14-19)24-26-22(18-28-24)20-10-7-6-8-11-20/h6-8,10-11,13-16,18H,2-5,9,12,17H2,1H3,(H,25,27). The van der Waals surface area contributed by atoms with Crippen molar-refractivity contribution in [2.24, 2.45) is 0 Å². The summed E-state index contributed by atoms with van der Waals surface area (Å²) in [6.45, 7) is 2.79. The Balaban J connectivity index is 1.49. The Morgan fingerprint density at radius 1 is 0.929 bits per heavy atom. The van der Waals surface area contributed by atoms with Crippen LogP contribution in [0.4, 0.5) is 0 Å². The van der Waals surface area contributed by atoms with Crippen molar-refractivity contribution in [3.05, 3.63) is 65.5 Å². The van der Waals surface area contributed by atoms with Crippen LogP contribution in [0.2, 0.25) is 0 Å². The second-order valence-corrected chi connectivity index (χ2v) is 7.90. The van der Waals surface area contributed by atoms with Gasteiger partial charge in [-0.2, -0.15) is 0 Å².